The first-order valence-electron chi connectivity index (χ1n) is 5.42. The molecule has 0 aliphatic heterocycles. The summed E-state index contributed by atoms with van der Waals surface area (Å²) in [6.45, 7) is 0. The van der Waals surface area contributed by atoms with Gasteiger partial charge in [-0.05, 0) is 81.6 Å². The minimum absolute atomic E-state index is 0. The summed E-state index contributed by atoms with van der Waals surface area (Å²) in [5, 5.41) is 9.00. The van der Waals surface area contributed by atoms with Gasteiger partial charge >= 0.3 is 29.6 Å². The number of hydrogen-bond acceptors (Lipinski definition) is 6. The van der Waals surface area contributed by atoms with Crippen molar-refractivity contribution in [2.24, 2.45) is 11.2 Å². The summed E-state index contributed by atoms with van der Waals surface area (Å²) in [4.78, 5) is 8.00. The largest absolute Gasteiger partial charge is 1.00 e. The minimum Gasteiger partial charge on any atom is -0.444 e. The van der Waals surface area contributed by atoms with Crippen molar-refractivity contribution in [1.82, 2.24) is 0 Å². The molecule has 120 valence electrons. The quantitative estimate of drug-likeness (QED) is 0.121. The van der Waals surface area contributed by atoms with Gasteiger partial charge in [0.15, 0.2) is 0 Å². The SMILES string of the molecule is NNc1ccc(F)cc1I.Nc1ccc(F)cc1I.O=N[O-].[Na+]. The van der Waals surface area contributed by atoms with E-state index in [1.54, 1.807) is 12.1 Å². The third-order valence-electron chi connectivity index (χ3n) is 2.05. The number of nitrogen functional groups attached to an aromatic ring is 2. The summed E-state index contributed by atoms with van der Waals surface area (Å²) in [6.07, 6.45) is 0. The van der Waals surface area contributed by atoms with Gasteiger partial charge in [-0.3, -0.25) is 5.84 Å². The zero-order valence-corrected chi connectivity index (χ0v) is 18.2. The molecule has 0 atom stereocenters. The van der Waals surface area contributed by atoms with Crippen LogP contribution in [0.15, 0.2) is 41.7 Å². The van der Waals surface area contributed by atoms with Gasteiger partial charge in [0.05, 0.1) is 5.69 Å². The smallest absolute Gasteiger partial charge is 0.444 e. The Kier molecular flexibility index (Phi) is 15.3. The molecule has 0 radical (unpaired) electrons. The van der Waals surface area contributed by atoms with Gasteiger partial charge < -0.3 is 21.3 Å². The average Bonchev–Trinajstić information content (AvgIpc) is 2.45. The maximum atomic E-state index is 12.4. The fourth-order valence-corrected chi connectivity index (χ4v) is 2.22. The molecule has 5 N–H and O–H groups in total. The van der Waals surface area contributed by atoms with E-state index in [9.17, 15) is 8.78 Å². The van der Waals surface area contributed by atoms with Crippen molar-refractivity contribution in [3.8, 4) is 0 Å². The Labute approximate surface area is 180 Å². The third kappa shape index (κ3) is 11.0. The van der Waals surface area contributed by atoms with Gasteiger partial charge in [-0.1, -0.05) is 0 Å². The monoisotopic (exact) mass is 558 g/mol. The Balaban J connectivity index is 0. The molecule has 0 saturated heterocycles. The molecule has 0 unspecified atom stereocenters. The van der Waals surface area contributed by atoms with Crippen LogP contribution in [-0.2, 0) is 0 Å². The Morgan fingerprint density at radius 2 is 1.48 bits per heavy atom. The van der Waals surface area contributed by atoms with Gasteiger partial charge in [0.2, 0.25) is 0 Å². The predicted molar refractivity (Wildman–Crippen MR) is 99.6 cm³/mol. The van der Waals surface area contributed by atoms with Crippen LogP contribution < -0.4 is 46.6 Å². The number of hydrazine groups is 1. The second-order valence-corrected chi connectivity index (χ2v) is 5.83. The van der Waals surface area contributed by atoms with Gasteiger partial charge in [0.25, 0.3) is 0 Å². The van der Waals surface area contributed by atoms with E-state index in [1.807, 2.05) is 45.2 Å². The molecule has 0 heterocycles. The molecule has 6 nitrogen and oxygen atoms in total. The summed E-state index contributed by atoms with van der Waals surface area (Å²) in [6, 6.07) is 8.66. The van der Waals surface area contributed by atoms with Gasteiger partial charge in [-0.2, -0.15) is 0 Å². The first-order valence-corrected chi connectivity index (χ1v) is 7.58. The van der Waals surface area contributed by atoms with E-state index in [-0.39, 0.29) is 41.2 Å². The van der Waals surface area contributed by atoms with Gasteiger partial charge in [-0.15, -0.1) is 5.34 Å². The number of rotatable bonds is 1. The third-order valence-corrected chi connectivity index (χ3v) is 3.88. The van der Waals surface area contributed by atoms with Crippen LogP contribution in [-0.4, -0.2) is 0 Å². The number of anilines is 2. The number of nitrogens with zero attached hydrogens (tertiary/aromatic N) is 1. The normalized spacial score (nSPS) is 8.39. The van der Waals surface area contributed by atoms with Gasteiger partial charge in [-0.25, -0.2) is 8.78 Å². The summed E-state index contributed by atoms with van der Waals surface area (Å²) < 4.78 is 26.2. The van der Waals surface area contributed by atoms with E-state index in [0.29, 0.717) is 5.69 Å². The second-order valence-electron chi connectivity index (χ2n) is 3.51. The molecule has 23 heavy (non-hydrogen) atoms. The van der Waals surface area contributed by atoms with E-state index < -0.39 is 0 Å². The molecular weight excluding hydrogens is 547 g/mol. The number of nitrogens with one attached hydrogen (secondary N) is 1. The maximum Gasteiger partial charge on any atom is 1.00 e. The molecule has 2 rings (SSSR count). The van der Waals surface area contributed by atoms with E-state index in [4.69, 9.17) is 21.7 Å². The summed E-state index contributed by atoms with van der Waals surface area (Å²) >= 11 is 3.99. The standard InChI is InChI=1S/C6H6FIN2.C6H5FIN.HNO2.Na/c7-4-1-2-6(10-9)5(8)3-4;7-4-1-2-6(9)5(8)3-4;2-1-3;/h1-3,10H,9H2;1-3H,9H2;(H,2,3);/q;;;+1/p-1. The minimum atomic E-state index is -0.247. The molecular formula is C12H11F2I2N4NaO2. The fourth-order valence-electron chi connectivity index (χ4n) is 1.11. The van der Waals surface area contributed by atoms with E-state index in [0.717, 1.165) is 18.2 Å². The zero-order valence-electron chi connectivity index (χ0n) is 11.9. The van der Waals surface area contributed by atoms with Crippen molar-refractivity contribution in [1.29, 1.82) is 0 Å². The van der Waals surface area contributed by atoms with Crippen LogP contribution in [0.1, 0.15) is 0 Å². The van der Waals surface area contributed by atoms with E-state index in [2.05, 4.69) is 5.43 Å². The molecule has 0 aliphatic rings. The molecule has 0 aromatic heterocycles. The number of benzene rings is 2. The van der Waals surface area contributed by atoms with Crippen LogP contribution in [0.2, 0.25) is 0 Å². The van der Waals surface area contributed by atoms with Crippen LogP contribution in [0, 0.1) is 28.9 Å². The molecule has 0 spiro atoms. The van der Waals surface area contributed by atoms with Crippen molar-refractivity contribution < 1.29 is 38.3 Å². The van der Waals surface area contributed by atoms with Gasteiger partial charge in [0, 0.05) is 12.8 Å². The number of hydrogen-bond donors (Lipinski definition) is 3. The summed E-state index contributed by atoms with van der Waals surface area (Å²) in [5.74, 6) is 4.63. The Hall–Kier alpha value is -0.280. The molecule has 0 saturated carbocycles. The first kappa shape index (κ1) is 25.0. The topological polar surface area (TPSA) is 117 Å². The van der Waals surface area contributed by atoms with Crippen LogP contribution in [0.5, 0.6) is 0 Å². The first-order chi connectivity index (χ1) is 10.3. The van der Waals surface area contributed by atoms with E-state index in [1.165, 1.54) is 24.3 Å². The molecule has 0 fully saturated rings. The van der Waals surface area contributed by atoms with Crippen molar-refractivity contribution in [3.05, 3.63) is 65.3 Å². The van der Waals surface area contributed by atoms with Crippen LogP contribution in [0.3, 0.4) is 0 Å². The van der Waals surface area contributed by atoms with Crippen molar-refractivity contribution in [2.45, 2.75) is 0 Å². The molecule has 0 aliphatic carbocycles. The number of nitrogens with two attached hydrogens (primary N) is 2. The van der Waals surface area contributed by atoms with Crippen molar-refractivity contribution >= 4 is 56.6 Å². The van der Waals surface area contributed by atoms with Crippen LogP contribution in [0.25, 0.3) is 0 Å². The van der Waals surface area contributed by atoms with Gasteiger partial charge in [0.1, 0.15) is 11.6 Å². The molecule has 11 heteroatoms. The maximum absolute atomic E-state index is 12.4. The van der Waals surface area contributed by atoms with Crippen molar-refractivity contribution in [3.63, 3.8) is 0 Å². The zero-order chi connectivity index (χ0) is 17.1. The average molecular weight is 558 g/mol. The Morgan fingerprint density at radius 3 is 1.83 bits per heavy atom. The van der Waals surface area contributed by atoms with Crippen LogP contribution in [0.4, 0.5) is 20.2 Å². The van der Waals surface area contributed by atoms with Crippen LogP contribution >= 0.6 is 45.2 Å². The number of halogens is 4. The Morgan fingerprint density at radius 1 is 1.04 bits per heavy atom. The molecule has 2 aromatic carbocycles. The second kappa shape index (κ2) is 14.1. The summed E-state index contributed by atoms with van der Waals surface area (Å²) in [7, 11) is 0. The van der Waals surface area contributed by atoms with Crippen molar-refractivity contribution in [2.75, 3.05) is 11.2 Å². The predicted octanol–water partition coefficient (Wildman–Crippen LogP) is 0.983. The molecule has 2 aromatic rings. The Bertz CT molecular complexity index is 624. The molecule has 0 bridgehead atoms. The van der Waals surface area contributed by atoms with E-state index >= 15 is 0 Å². The molecule has 0 amide bonds. The fraction of sp³-hybridized carbons (Fsp3) is 0. The summed E-state index contributed by atoms with van der Waals surface area (Å²) in [5.41, 5.74) is 9.22.